The molecular formula is C54H30O3. The minimum atomic E-state index is 0.760. The van der Waals surface area contributed by atoms with Gasteiger partial charge in [-0.1, -0.05) is 146 Å². The second kappa shape index (κ2) is 11.5. The first-order valence-corrected chi connectivity index (χ1v) is 19.4. The van der Waals surface area contributed by atoms with E-state index in [9.17, 15) is 0 Å². The molecule has 10 aromatic carbocycles. The van der Waals surface area contributed by atoms with Crippen LogP contribution in [0.5, 0.6) is 0 Å². The molecule has 264 valence electrons. The van der Waals surface area contributed by atoms with Crippen LogP contribution in [-0.2, 0) is 0 Å². The van der Waals surface area contributed by atoms with Crippen LogP contribution in [0.25, 0.3) is 132 Å². The lowest BCUT2D eigenvalue weighted by molar-refractivity contribution is 0.634. The number of para-hydroxylation sites is 2. The lowest BCUT2D eigenvalue weighted by Crippen LogP contribution is -1.92. The van der Waals surface area contributed by atoms with E-state index in [2.05, 4.69) is 170 Å². The monoisotopic (exact) mass is 726 g/mol. The van der Waals surface area contributed by atoms with E-state index < -0.39 is 0 Å². The van der Waals surface area contributed by atoms with Crippen molar-refractivity contribution in [1.29, 1.82) is 0 Å². The van der Waals surface area contributed by atoms with Gasteiger partial charge in [0.15, 0.2) is 11.2 Å². The van der Waals surface area contributed by atoms with Gasteiger partial charge in [0.05, 0.1) is 0 Å². The van der Waals surface area contributed by atoms with E-state index in [4.69, 9.17) is 13.3 Å². The van der Waals surface area contributed by atoms with Crippen LogP contribution >= 0.6 is 0 Å². The standard InChI is InChI=1S/C54H30O3/c1-2-14-32(15-3-1)48-37-18-6-8-20-39(37)49(40-21-9-7-19-38(40)48)45-29-33(30-47-50(45)44-26-25-31-13-4-5-16-34(31)52(44)56-47)35-22-12-23-41-43-28-27-42-36-17-10-11-24-46(36)55-53(42)54(43)57-51(35)41/h1-30H. The number of benzene rings is 10. The van der Waals surface area contributed by atoms with Crippen LogP contribution in [0.3, 0.4) is 0 Å². The van der Waals surface area contributed by atoms with E-state index in [1.807, 2.05) is 12.1 Å². The van der Waals surface area contributed by atoms with Gasteiger partial charge in [0, 0.05) is 43.3 Å². The molecule has 13 rings (SSSR count). The molecule has 0 spiro atoms. The normalized spacial score (nSPS) is 12.2. The Labute approximate surface area is 325 Å². The van der Waals surface area contributed by atoms with E-state index in [0.717, 1.165) is 93.3 Å². The van der Waals surface area contributed by atoms with Gasteiger partial charge in [0.2, 0.25) is 0 Å². The zero-order chi connectivity index (χ0) is 37.2. The predicted octanol–water partition coefficient (Wildman–Crippen LogP) is 15.8. The molecule has 0 bridgehead atoms. The molecular weight excluding hydrogens is 697 g/mol. The largest absolute Gasteiger partial charge is 0.455 e. The summed E-state index contributed by atoms with van der Waals surface area (Å²) in [4.78, 5) is 0. The van der Waals surface area contributed by atoms with Crippen molar-refractivity contribution in [2.45, 2.75) is 0 Å². The molecule has 0 saturated carbocycles. The third-order valence-electron chi connectivity index (χ3n) is 12.0. The van der Waals surface area contributed by atoms with Crippen molar-refractivity contribution < 1.29 is 13.3 Å². The Morgan fingerprint density at radius 2 is 0.825 bits per heavy atom. The molecule has 0 fully saturated rings. The third kappa shape index (κ3) is 4.26. The van der Waals surface area contributed by atoms with Gasteiger partial charge in [-0.25, -0.2) is 0 Å². The average molecular weight is 727 g/mol. The predicted molar refractivity (Wildman–Crippen MR) is 237 cm³/mol. The minimum absolute atomic E-state index is 0.760. The van der Waals surface area contributed by atoms with Crippen LogP contribution in [0.1, 0.15) is 0 Å². The smallest absolute Gasteiger partial charge is 0.178 e. The summed E-state index contributed by atoms with van der Waals surface area (Å²) in [6.45, 7) is 0. The quantitative estimate of drug-likeness (QED) is 0.170. The number of hydrogen-bond acceptors (Lipinski definition) is 3. The Morgan fingerprint density at radius 3 is 1.60 bits per heavy atom. The van der Waals surface area contributed by atoms with Crippen LogP contribution < -0.4 is 0 Å². The average Bonchev–Trinajstić information content (AvgIpc) is 3.97. The summed E-state index contributed by atoms with van der Waals surface area (Å²) < 4.78 is 20.4. The van der Waals surface area contributed by atoms with E-state index in [1.165, 1.54) is 38.2 Å². The summed E-state index contributed by atoms with van der Waals surface area (Å²) in [5.74, 6) is 0. The molecule has 0 saturated heterocycles. The van der Waals surface area contributed by atoms with Crippen LogP contribution in [0, 0.1) is 0 Å². The zero-order valence-corrected chi connectivity index (χ0v) is 30.5. The van der Waals surface area contributed by atoms with Gasteiger partial charge in [0.25, 0.3) is 0 Å². The molecule has 0 atom stereocenters. The SMILES string of the molecule is c1ccc(-c2c3ccccc3c(-c3cc(-c4cccc5c4oc4c5ccc5c6ccccc6oc54)cc4oc5c6ccccc6ccc5c34)c3ccccc23)cc1. The second-order valence-corrected chi connectivity index (χ2v) is 15.1. The second-order valence-electron chi connectivity index (χ2n) is 15.1. The van der Waals surface area contributed by atoms with Crippen molar-refractivity contribution in [3.63, 3.8) is 0 Å². The van der Waals surface area contributed by atoms with Gasteiger partial charge in [-0.2, -0.15) is 0 Å². The Morgan fingerprint density at radius 1 is 0.263 bits per heavy atom. The molecule has 0 radical (unpaired) electrons. The zero-order valence-electron chi connectivity index (χ0n) is 30.5. The highest BCUT2D eigenvalue weighted by Crippen LogP contribution is 2.50. The van der Waals surface area contributed by atoms with Gasteiger partial charge >= 0.3 is 0 Å². The molecule has 3 aromatic heterocycles. The maximum Gasteiger partial charge on any atom is 0.178 e. The number of hydrogen-bond donors (Lipinski definition) is 0. The Balaban J connectivity index is 1.18. The van der Waals surface area contributed by atoms with Crippen molar-refractivity contribution in [2.75, 3.05) is 0 Å². The molecule has 0 unspecified atom stereocenters. The van der Waals surface area contributed by atoms with Crippen LogP contribution in [0.2, 0.25) is 0 Å². The van der Waals surface area contributed by atoms with Gasteiger partial charge < -0.3 is 13.3 Å². The van der Waals surface area contributed by atoms with Crippen molar-refractivity contribution in [1.82, 2.24) is 0 Å². The molecule has 0 amide bonds. The molecule has 0 aliphatic heterocycles. The maximum absolute atomic E-state index is 7.02. The fraction of sp³-hybridized carbons (Fsp3) is 0. The van der Waals surface area contributed by atoms with E-state index in [0.29, 0.717) is 0 Å². The maximum atomic E-state index is 7.02. The first-order chi connectivity index (χ1) is 28.3. The molecule has 3 heterocycles. The summed E-state index contributed by atoms with van der Waals surface area (Å²) >= 11 is 0. The lowest BCUT2D eigenvalue weighted by Gasteiger charge is -2.19. The fourth-order valence-electron chi connectivity index (χ4n) is 9.59. The van der Waals surface area contributed by atoms with Gasteiger partial charge in [0.1, 0.15) is 22.3 Å². The van der Waals surface area contributed by atoms with Gasteiger partial charge in [-0.3, -0.25) is 0 Å². The van der Waals surface area contributed by atoms with Crippen LogP contribution in [0.4, 0.5) is 0 Å². The summed E-state index contributed by atoms with van der Waals surface area (Å²) in [5, 5.41) is 13.5. The highest BCUT2D eigenvalue weighted by molar-refractivity contribution is 6.28. The number of rotatable bonds is 3. The van der Waals surface area contributed by atoms with Crippen molar-refractivity contribution in [3.05, 3.63) is 182 Å². The highest BCUT2D eigenvalue weighted by atomic mass is 16.4. The van der Waals surface area contributed by atoms with Crippen LogP contribution in [-0.4, -0.2) is 0 Å². The first-order valence-electron chi connectivity index (χ1n) is 19.4. The molecule has 3 heteroatoms. The van der Waals surface area contributed by atoms with Crippen molar-refractivity contribution in [2.24, 2.45) is 0 Å². The van der Waals surface area contributed by atoms with E-state index >= 15 is 0 Å². The summed E-state index contributed by atoms with van der Waals surface area (Å²) in [6.07, 6.45) is 0. The summed E-state index contributed by atoms with van der Waals surface area (Å²) in [6, 6.07) is 64.9. The van der Waals surface area contributed by atoms with E-state index in [-0.39, 0.29) is 0 Å². The minimum Gasteiger partial charge on any atom is -0.455 e. The summed E-state index contributed by atoms with van der Waals surface area (Å²) in [7, 11) is 0. The van der Waals surface area contributed by atoms with Crippen LogP contribution in [0.15, 0.2) is 195 Å². The highest BCUT2D eigenvalue weighted by Gasteiger charge is 2.24. The summed E-state index contributed by atoms with van der Waals surface area (Å²) in [5.41, 5.74) is 11.7. The Bertz CT molecular complexity index is 3750. The molecule has 0 N–H and O–H groups in total. The third-order valence-corrected chi connectivity index (χ3v) is 12.0. The number of furan rings is 3. The van der Waals surface area contributed by atoms with Crippen molar-refractivity contribution >= 4 is 98.1 Å². The Hall–Kier alpha value is -7.62. The first kappa shape index (κ1) is 30.7. The fourth-order valence-corrected chi connectivity index (χ4v) is 9.59. The van der Waals surface area contributed by atoms with E-state index in [1.54, 1.807) is 0 Å². The molecule has 57 heavy (non-hydrogen) atoms. The Kier molecular flexibility index (Phi) is 6.16. The topological polar surface area (TPSA) is 39.4 Å². The van der Waals surface area contributed by atoms with Crippen molar-refractivity contribution in [3.8, 4) is 33.4 Å². The molecule has 0 aliphatic carbocycles. The molecule has 13 aromatic rings. The number of fused-ring (bicyclic) bond motifs is 14. The molecule has 0 aliphatic rings. The lowest BCUT2D eigenvalue weighted by atomic mass is 9.84. The molecule has 3 nitrogen and oxygen atoms in total. The van der Waals surface area contributed by atoms with Gasteiger partial charge in [-0.05, 0) is 91.1 Å². The van der Waals surface area contributed by atoms with Gasteiger partial charge in [-0.15, -0.1) is 0 Å².